The maximum Gasteiger partial charge on any atom is 0.356 e. The maximum absolute atomic E-state index is 11.9. The molecule has 6 heteroatoms. The smallest absolute Gasteiger partial charge is 0.356 e. The predicted molar refractivity (Wildman–Crippen MR) is 122 cm³/mol. The van der Waals surface area contributed by atoms with Crippen LogP contribution in [0.2, 0.25) is 0 Å². The zero-order valence-electron chi connectivity index (χ0n) is 17.8. The number of nitrogens with zero attached hydrogens (tertiary/aromatic N) is 1. The largest absolute Gasteiger partial charge is 0.461 e. The number of nitrogens with one attached hydrogen (secondary N) is 2. The first-order valence-electron chi connectivity index (χ1n) is 10.0. The van der Waals surface area contributed by atoms with Crippen LogP contribution in [0.4, 0.5) is 11.4 Å². The van der Waals surface area contributed by atoms with Crippen molar-refractivity contribution in [2.24, 2.45) is 0 Å². The quantitative estimate of drug-likeness (QED) is 0.362. The summed E-state index contributed by atoms with van der Waals surface area (Å²) in [6, 6.07) is 23.3. The van der Waals surface area contributed by atoms with Gasteiger partial charge in [0.2, 0.25) is 0 Å². The number of para-hydroxylation sites is 1. The summed E-state index contributed by atoms with van der Waals surface area (Å²) < 4.78 is 10.7. The Hall–Kier alpha value is -4.11. The Morgan fingerprint density at radius 2 is 1.55 bits per heavy atom. The molecule has 0 saturated heterocycles. The number of rotatable bonds is 7. The van der Waals surface area contributed by atoms with Gasteiger partial charge in [0.05, 0.1) is 18.2 Å². The van der Waals surface area contributed by atoms with E-state index in [2.05, 4.69) is 11.4 Å². The molecule has 158 valence electrons. The summed E-state index contributed by atoms with van der Waals surface area (Å²) in [7, 11) is 0. The summed E-state index contributed by atoms with van der Waals surface area (Å²) in [6.07, 6.45) is 0. The van der Waals surface area contributed by atoms with Gasteiger partial charge >= 0.3 is 5.97 Å². The van der Waals surface area contributed by atoms with Gasteiger partial charge in [0, 0.05) is 16.9 Å². The summed E-state index contributed by atoms with van der Waals surface area (Å²) in [5.74, 6) is 0.624. The lowest BCUT2D eigenvalue weighted by Gasteiger charge is -2.13. The van der Waals surface area contributed by atoms with Crippen LogP contribution in [0.15, 0.2) is 72.8 Å². The number of benzene rings is 3. The minimum absolute atomic E-state index is 0.198. The molecule has 0 aliphatic heterocycles. The monoisotopic (exact) mass is 415 g/mol. The fraction of sp³-hybridized carbons (Fsp3) is 0.160. The third-order valence-electron chi connectivity index (χ3n) is 4.03. The first-order chi connectivity index (χ1) is 15.1. The first-order valence-corrected chi connectivity index (χ1v) is 10.0. The highest BCUT2D eigenvalue weighted by Crippen LogP contribution is 2.26. The van der Waals surface area contributed by atoms with Crippen LogP contribution < -0.4 is 10.1 Å². The molecule has 31 heavy (non-hydrogen) atoms. The van der Waals surface area contributed by atoms with E-state index in [1.807, 2.05) is 32.0 Å². The Labute approximate surface area is 182 Å². The van der Waals surface area contributed by atoms with Crippen LogP contribution in [0.5, 0.6) is 11.5 Å². The van der Waals surface area contributed by atoms with E-state index < -0.39 is 5.97 Å². The highest BCUT2D eigenvalue weighted by atomic mass is 16.5. The standard InChI is InChI=1S/C23H19N3O3.C2H6/c1-2-28-23(27)22(25)20-5-3-4-6-21(20)26-17-9-13-19(14-10-17)29-18-11-7-16(15-24)8-12-18;1-2/h3-14,25-26H,2H2,1H3;1-2H3. The molecular formula is C25H25N3O3. The van der Waals surface area contributed by atoms with Crippen LogP contribution >= 0.6 is 0 Å². The molecular weight excluding hydrogens is 390 g/mol. The van der Waals surface area contributed by atoms with Crippen LogP contribution in [-0.2, 0) is 9.53 Å². The van der Waals surface area contributed by atoms with E-state index in [0.29, 0.717) is 28.3 Å². The van der Waals surface area contributed by atoms with Crippen molar-refractivity contribution in [3.63, 3.8) is 0 Å². The van der Waals surface area contributed by atoms with Crippen molar-refractivity contribution in [2.45, 2.75) is 20.8 Å². The first kappa shape index (κ1) is 23.2. The molecule has 3 rings (SSSR count). The molecule has 0 heterocycles. The van der Waals surface area contributed by atoms with Gasteiger partial charge in [0.15, 0.2) is 0 Å². The Morgan fingerprint density at radius 3 is 2.13 bits per heavy atom. The topological polar surface area (TPSA) is 95.2 Å². The fourth-order valence-corrected chi connectivity index (χ4v) is 2.62. The Kier molecular flexibility index (Phi) is 8.81. The van der Waals surface area contributed by atoms with Crippen LogP contribution in [0.1, 0.15) is 31.9 Å². The van der Waals surface area contributed by atoms with Crippen molar-refractivity contribution in [3.05, 3.63) is 83.9 Å². The number of hydrogen-bond acceptors (Lipinski definition) is 6. The molecule has 0 radical (unpaired) electrons. The number of hydrogen-bond donors (Lipinski definition) is 2. The summed E-state index contributed by atoms with van der Waals surface area (Å²) >= 11 is 0. The van der Waals surface area contributed by atoms with Crippen molar-refractivity contribution in [3.8, 4) is 17.6 Å². The van der Waals surface area contributed by atoms with Crippen LogP contribution in [0.25, 0.3) is 0 Å². The van der Waals surface area contributed by atoms with Gasteiger partial charge in [0.25, 0.3) is 0 Å². The zero-order valence-corrected chi connectivity index (χ0v) is 17.8. The van der Waals surface area contributed by atoms with E-state index in [1.54, 1.807) is 61.5 Å². The lowest BCUT2D eigenvalue weighted by molar-refractivity contribution is -0.135. The third-order valence-corrected chi connectivity index (χ3v) is 4.03. The number of esters is 1. The second-order valence-corrected chi connectivity index (χ2v) is 6.03. The van der Waals surface area contributed by atoms with Crippen molar-refractivity contribution in [2.75, 3.05) is 11.9 Å². The average molecular weight is 415 g/mol. The average Bonchev–Trinajstić information content (AvgIpc) is 2.82. The van der Waals surface area contributed by atoms with Gasteiger partial charge in [-0.05, 0) is 61.5 Å². The van der Waals surface area contributed by atoms with Crippen molar-refractivity contribution in [1.82, 2.24) is 0 Å². The summed E-state index contributed by atoms with van der Waals surface area (Å²) in [6.45, 7) is 5.92. The molecule has 0 aliphatic rings. The Bertz CT molecular complexity index is 1050. The van der Waals surface area contributed by atoms with Gasteiger partial charge in [-0.2, -0.15) is 5.26 Å². The molecule has 0 aromatic heterocycles. The Balaban J connectivity index is 0.00000166. The van der Waals surface area contributed by atoms with Gasteiger partial charge in [-0.25, -0.2) is 4.79 Å². The lowest BCUT2D eigenvalue weighted by atomic mass is 10.1. The van der Waals surface area contributed by atoms with Crippen LogP contribution in [-0.4, -0.2) is 18.3 Å². The van der Waals surface area contributed by atoms with Gasteiger partial charge in [-0.15, -0.1) is 0 Å². The maximum atomic E-state index is 11.9. The second kappa shape index (κ2) is 11.8. The highest BCUT2D eigenvalue weighted by molar-refractivity contribution is 6.43. The van der Waals surface area contributed by atoms with Crippen LogP contribution in [0, 0.1) is 16.7 Å². The van der Waals surface area contributed by atoms with E-state index in [1.165, 1.54) is 0 Å². The van der Waals surface area contributed by atoms with Gasteiger partial charge in [-0.1, -0.05) is 32.0 Å². The normalized spacial score (nSPS) is 9.48. The molecule has 0 atom stereocenters. The summed E-state index contributed by atoms with van der Waals surface area (Å²) in [5, 5.41) is 20.1. The number of nitriles is 1. The van der Waals surface area contributed by atoms with E-state index in [9.17, 15) is 4.79 Å². The molecule has 3 aromatic carbocycles. The molecule has 0 aliphatic carbocycles. The minimum atomic E-state index is -0.659. The molecule has 0 fully saturated rings. The third kappa shape index (κ3) is 6.44. The summed E-state index contributed by atoms with van der Waals surface area (Å²) in [4.78, 5) is 11.9. The molecule has 0 bridgehead atoms. The Morgan fingerprint density at radius 1 is 0.968 bits per heavy atom. The van der Waals surface area contributed by atoms with E-state index in [-0.39, 0.29) is 12.3 Å². The number of ether oxygens (including phenoxy) is 2. The van der Waals surface area contributed by atoms with E-state index in [0.717, 1.165) is 5.69 Å². The number of carbonyl (C=O) groups excluding carboxylic acids is 1. The van der Waals surface area contributed by atoms with Crippen LogP contribution in [0.3, 0.4) is 0 Å². The molecule has 3 aromatic rings. The van der Waals surface area contributed by atoms with Crippen molar-refractivity contribution < 1.29 is 14.3 Å². The number of carbonyl (C=O) groups is 1. The molecule has 6 nitrogen and oxygen atoms in total. The minimum Gasteiger partial charge on any atom is -0.461 e. The molecule has 2 N–H and O–H groups in total. The van der Waals surface area contributed by atoms with Gasteiger partial charge in [-0.3, -0.25) is 5.41 Å². The molecule has 0 saturated carbocycles. The van der Waals surface area contributed by atoms with Gasteiger partial charge < -0.3 is 14.8 Å². The highest BCUT2D eigenvalue weighted by Gasteiger charge is 2.16. The van der Waals surface area contributed by atoms with E-state index >= 15 is 0 Å². The summed E-state index contributed by atoms with van der Waals surface area (Å²) in [5.41, 5.74) is 2.25. The molecule has 0 unspecified atom stereocenters. The lowest BCUT2D eigenvalue weighted by Crippen LogP contribution is -2.18. The SMILES string of the molecule is CC.CCOC(=O)C(=N)c1ccccc1Nc1ccc(Oc2ccc(C#N)cc2)cc1. The second-order valence-electron chi connectivity index (χ2n) is 6.03. The molecule has 0 spiro atoms. The predicted octanol–water partition coefficient (Wildman–Crippen LogP) is 6.05. The molecule has 0 amide bonds. The number of anilines is 2. The zero-order chi connectivity index (χ0) is 22.6. The van der Waals surface area contributed by atoms with Crippen molar-refractivity contribution in [1.29, 1.82) is 10.7 Å². The fourth-order valence-electron chi connectivity index (χ4n) is 2.62. The van der Waals surface area contributed by atoms with E-state index in [4.69, 9.17) is 20.1 Å². The van der Waals surface area contributed by atoms with Crippen molar-refractivity contribution >= 4 is 23.1 Å². The van der Waals surface area contributed by atoms with Gasteiger partial charge in [0.1, 0.15) is 17.2 Å².